The molecule has 0 aliphatic carbocycles. The van der Waals surface area contributed by atoms with Crippen molar-refractivity contribution in [2.45, 2.75) is 6.42 Å². The number of hydrogen-bond acceptors (Lipinski definition) is 4. The first-order valence-corrected chi connectivity index (χ1v) is 5.54. The first-order valence-electron chi connectivity index (χ1n) is 5.54. The van der Waals surface area contributed by atoms with Crippen molar-refractivity contribution in [2.24, 2.45) is 0 Å². The van der Waals surface area contributed by atoms with Gasteiger partial charge < -0.3 is 10.0 Å². The number of carbonyl (C=O) groups excluding carboxylic acids is 1. The van der Waals surface area contributed by atoms with Crippen molar-refractivity contribution < 1.29 is 14.7 Å². The van der Waals surface area contributed by atoms with Crippen molar-refractivity contribution in [2.75, 3.05) is 13.6 Å². The SMILES string of the molecule is CN(CCC#N)C(=O)c1ccc(C=CC(=O)O)cn1. The third kappa shape index (κ3) is 4.60. The number of nitriles is 1. The van der Waals surface area contributed by atoms with Gasteiger partial charge in [0, 0.05) is 25.9 Å². The Morgan fingerprint density at radius 2 is 2.26 bits per heavy atom. The van der Waals surface area contributed by atoms with Gasteiger partial charge in [0.15, 0.2) is 0 Å². The number of hydrogen-bond donors (Lipinski definition) is 1. The molecule has 1 rings (SSSR count). The van der Waals surface area contributed by atoms with Crippen LogP contribution in [0.4, 0.5) is 0 Å². The number of carboxylic acid groups (broad SMARTS) is 1. The highest BCUT2D eigenvalue weighted by Crippen LogP contribution is 2.05. The molecule has 0 spiro atoms. The third-order valence-corrected chi connectivity index (χ3v) is 2.33. The number of carboxylic acids is 1. The number of carbonyl (C=O) groups is 2. The standard InChI is InChI=1S/C13H13N3O3/c1-16(8-2-7-14)13(19)11-5-3-10(9-15-11)4-6-12(17)18/h3-6,9H,2,8H2,1H3,(H,17,18). The van der Waals surface area contributed by atoms with Crippen LogP contribution < -0.4 is 0 Å². The molecule has 1 heterocycles. The van der Waals surface area contributed by atoms with E-state index in [1.807, 2.05) is 6.07 Å². The molecule has 0 saturated carbocycles. The summed E-state index contributed by atoms with van der Waals surface area (Å²) in [5.74, 6) is -1.32. The molecule has 1 aromatic heterocycles. The molecule has 19 heavy (non-hydrogen) atoms. The predicted octanol–water partition coefficient (Wildman–Crippen LogP) is 1.17. The fourth-order valence-corrected chi connectivity index (χ4v) is 1.31. The summed E-state index contributed by atoms with van der Waals surface area (Å²) in [7, 11) is 1.60. The zero-order valence-electron chi connectivity index (χ0n) is 10.4. The van der Waals surface area contributed by atoms with E-state index in [-0.39, 0.29) is 18.0 Å². The molecule has 0 unspecified atom stereocenters. The highest BCUT2D eigenvalue weighted by Gasteiger charge is 2.12. The quantitative estimate of drug-likeness (QED) is 0.801. The van der Waals surface area contributed by atoms with Gasteiger partial charge in [-0.15, -0.1) is 0 Å². The Labute approximate surface area is 110 Å². The number of nitrogens with zero attached hydrogens (tertiary/aromatic N) is 3. The van der Waals surface area contributed by atoms with Crippen LogP contribution in [-0.4, -0.2) is 40.5 Å². The molecule has 0 aliphatic heterocycles. The first kappa shape index (κ1) is 14.4. The number of rotatable bonds is 5. The molecule has 0 saturated heterocycles. The van der Waals surface area contributed by atoms with Gasteiger partial charge in [-0.05, 0) is 17.7 Å². The molecule has 6 heteroatoms. The lowest BCUT2D eigenvalue weighted by molar-refractivity contribution is -0.131. The zero-order valence-corrected chi connectivity index (χ0v) is 10.4. The summed E-state index contributed by atoms with van der Waals surface area (Å²) in [6.07, 6.45) is 4.08. The smallest absolute Gasteiger partial charge is 0.328 e. The van der Waals surface area contributed by atoms with Crippen LogP contribution in [0, 0.1) is 11.3 Å². The van der Waals surface area contributed by atoms with E-state index < -0.39 is 5.97 Å². The van der Waals surface area contributed by atoms with Crippen LogP contribution in [0.5, 0.6) is 0 Å². The molecular formula is C13H13N3O3. The van der Waals surface area contributed by atoms with E-state index in [9.17, 15) is 9.59 Å². The Hall–Kier alpha value is -2.68. The minimum absolute atomic E-state index is 0.257. The Balaban J connectivity index is 2.73. The molecular weight excluding hydrogens is 246 g/mol. The van der Waals surface area contributed by atoms with E-state index in [4.69, 9.17) is 10.4 Å². The molecule has 0 aromatic carbocycles. The number of aromatic nitrogens is 1. The van der Waals surface area contributed by atoms with E-state index in [0.717, 1.165) is 6.08 Å². The van der Waals surface area contributed by atoms with E-state index in [0.29, 0.717) is 12.1 Å². The lowest BCUT2D eigenvalue weighted by atomic mass is 10.2. The summed E-state index contributed by atoms with van der Waals surface area (Å²) in [5, 5.41) is 16.9. The fourth-order valence-electron chi connectivity index (χ4n) is 1.31. The van der Waals surface area contributed by atoms with Gasteiger partial charge in [-0.3, -0.25) is 9.78 Å². The third-order valence-electron chi connectivity index (χ3n) is 2.33. The van der Waals surface area contributed by atoms with E-state index in [1.54, 1.807) is 13.1 Å². The average Bonchev–Trinajstić information content (AvgIpc) is 2.42. The van der Waals surface area contributed by atoms with E-state index in [1.165, 1.54) is 23.2 Å². The molecule has 1 N–H and O–H groups in total. The van der Waals surface area contributed by atoms with Crippen molar-refractivity contribution in [3.63, 3.8) is 0 Å². The normalized spacial score (nSPS) is 10.1. The van der Waals surface area contributed by atoms with Crippen molar-refractivity contribution in [1.82, 2.24) is 9.88 Å². The molecule has 0 aliphatic rings. The van der Waals surface area contributed by atoms with E-state index >= 15 is 0 Å². The van der Waals surface area contributed by atoms with Crippen LogP contribution in [0.1, 0.15) is 22.5 Å². The largest absolute Gasteiger partial charge is 0.478 e. The molecule has 1 amide bonds. The summed E-state index contributed by atoms with van der Waals surface area (Å²) in [5.41, 5.74) is 0.853. The fraction of sp³-hybridized carbons (Fsp3) is 0.231. The van der Waals surface area contributed by atoms with Crippen molar-refractivity contribution in [1.29, 1.82) is 5.26 Å². The topological polar surface area (TPSA) is 94.3 Å². The summed E-state index contributed by atoms with van der Waals surface area (Å²) in [4.78, 5) is 27.6. The number of pyridine rings is 1. The molecule has 98 valence electrons. The molecule has 0 radical (unpaired) electrons. The molecule has 1 aromatic rings. The summed E-state index contributed by atoms with van der Waals surface area (Å²) < 4.78 is 0. The summed E-state index contributed by atoms with van der Waals surface area (Å²) in [6, 6.07) is 5.09. The van der Waals surface area contributed by atoms with Gasteiger partial charge in [0.2, 0.25) is 0 Å². The van der Waals surface area contributed by atoms with Crippen molar-refractivity contribution in [3.05, 3.63) is 35.7 Å². The monoisotopic (exact) mass is 259 g/mol. The summed E-state index contributed by atoms with van der Waals surface area (Å²) >= 11 is 0. The lowest BCUT2D eigenvalue weighted by Gasteiger charge is -2.14. The van der Waals surface area contributed by atoms with Crippen molar-refractivity contribution >= 4 is 18.0 Å². The Kier molecular flexibility index (Phi) is 5.23. The minimum atomic E-state index is -1.05. The van der Waals surface area contributed by atoms with Gasteiger partial charge >= 0.3 is 5.97 Å². The van der Waals surface area contributed by atoms with Crippen LogP contribution in [0.3, 0.4) is 0 Å². The molecule has 0 bridgehead atoms. The maximum Gasteiger partial charge on any atom is 0.328 e. The average molecular weight is 259 g/mol. The lowest BCUT2D eigenvalue weighted by Crippen LogP contribution is -2.28. The first-order chi connectivity index (χ1) is 9.04. The maximum absolute atomic E-state index is 11.9. The Morgan fingerprint density at radius 1 is 1.53 bits per heavy atom. The van der Waals surface area contributed by atoms with Gasteiger partial charge in [-0.2, -0.15) is 5.26 Å². The maximum atomic E-state index is 11.9. The second kappa shape index (κ2) is 6.91. The van der Waals surface area contributed by atoms with E-state index in [2.05, 4.69) is 4.98 Å². The second-order valence-electron chi connectivity index (χ2n) is 3.78. The second-order valence-corrected chi connectivity index (χ2v) is 3.78. The van der Waals surface area contributed by atoms with Gasteiger partial charge in [-0.25, -0.2) is 4.79 Å². The van der Waals surface area contributed by atoms with Crippen LogP contribution in [0.2, 0.25) is 0 Å². The van der Waals surface area contributed by atoms with Gasteiger partial charge in [0.1, 0.15) is 5.69 Å². The summed E-state index contributed by atoms with van der Waals surface area (Å²) in [6.45, 7) is 0.345. The highest BCUT2D eigenvalue weighted by molar-refractivity contribution is 5.92. The zero-order chi connectivity index (χ0) is 14.3. The van der Waals surface area contributed by atoms with Crippen LogP contribution in [0.15, 0.2) is 24.4 Å². The van der Waals surface area contributed by atoms with Crippen LogP contribution in [-0.2, 0) is 4.79 Å². The molecule has 0 atom stereocenters. The minimum Gasteiger partial charge on any atom is -0.478 e. The van der Waals surface area contributed by atoms with Crippen LogP contribution >= 0.6 is 0 Å². The van der Waals surface area contributed by atoms with Crippen molar-refractivity contribution in [3.8, 4) is 6.07 Å². The Morgan fingerprint density at radius 3 is 2.79 bits per heavy atom. The number of amides is 1. The highest BCUT2D eigenvalue weighted by atomic mass is 16.4. The predicted molar refractivity (Wildman–Crippen MR) is 68.1 cm³/mol. The van der Waals surface area contributed by atoms with Gasteiger partial charge in [-0.1, -0.05) is 6.07 Å². The van der Waals surface area contributed by atoms with Gasteiger partial charge in [0.05, 0.1) is 12.5 Å². The number of aliphatic carboxylic acids is 1. The Bertz CT molecular complexity index is 529. The molecule has 0 fully saturated rings. The van der Waals surface area contributed by atoms with Gasteiger partial charge in [0.25, 0.3) is 5.91 Å². The van der Waals surface area contributed by atoms with Crippen LogP contribution in [0.25, 0.3) is 6.08 Å². The molecule has 6 nitrogen and oxygen atoms in total.